The number of carbonyl (C=O) groups is 1. The summed E-state index contributed by atoms with van der Waals surface area (Å²) in [5.74, 6) is 1.10. The molecule has 2 aromatic heterocycles. The average Bonchev–Trinajstić information content (AvgIpc) is 2.79. The third-order valence-electron chi connectivity index (χ3n) is 2.39. The lowest BCUT2D eigenvalue weighted by Gasteiger charge is -2.02. The van der Waals surface area contributed by atoms with Gasteiger partial charge >= 0.3 is 0 Å². The lowest BCUT2D eigenvalue weighted by atomic mass is 10.3. The molecule has 1 amide bonds. The third-order valence-corrected chi connectivity index (χ3v) is 2.39. The zero-order chi connectivity index (χ0) is 11.7. The second-order valence-corrected chi connectivity index (χ2v) is 3.52. The lowest BCUT2D eigenvalue weighted by Crippen LogP contribution is -2.15. The zero-order valence-corrected chi connectivity index (χ0v) is 9.31. The molecule has 0 aliphatic carbocycles. The Hall–Kier alpha value is -2.11. The van der Waals surface area contributed by atoms with E-state index in [1.54, 1.807) is 31.5 Å². The maximum Gasteiger partial charge on any atom is 0.293 e. The molecule has 0 unspecified atom stereocenters. The smallest absolute Gasteiger partial charge is 0.293 e. The average molecular weight is 220 g/mol. The van der Waals surface area contributed by atoms with Crippen molar-refractivity contribution in [2.75, 3.05) is 5.32 Å². The van der Waals surface area contributed by atoms with Gasteiger partial charge in [0.25, 0.3) is 5.91 Å². The molecule has 6 heteroatoms. The van der Waals surface area contributed by atoms with E-state index in [9.17, 15) is 4.79 Å². The second kappa shape index (κ2) is 3.80. The van der Waals surface area contributed by atoms with Crippen LogP contribution >= 0.6 is 0 Å². The van der Waals surface area contributed by atoms with Crippen LogP contribution in [0.5, 0.6) is 0 Å². The van der Waals surface area contributed by atoms with E-state index < -0.39 is 0 Å². The van der Waals surface area contributed by atoms with Crippen LogP contribution in [0, 0.1) is 13.8 Å². The molecule has 6 nitrogen and oxygen atoms in total. The molecule has 2 heterocycles. The monoisotopic (exact) mass is 220 g/mol. The van der Waals surface area contributed by atoms with E-state index in [1.165, 1.54) is 6.26 Å². The summed E-state index contributed by atoms with van der Waals surface area (Å²) in [5.41, 5.74) is 0.788. The topological polar surface area (TPSA) is 73.0 Å². The first kappa shape index (κ1) is 10.4. The molecule has 84 valence electrons. The van der Waals surface area contributed by atoms with Gasteiger partial charge in [-0.05, 0) is 19.9 Å². The molecule has 0 aliphatic heterocycles. The van der Waals surface area contributed by atoms with Crippen molar-refractivity contribution in [1.29, 1.82) is 0 Å². The minimum absolute atomic E-state index is 0.292. The summed E-state index contributed by atoms with van der Waals surface area (Å²) in [7, 11) is 1.78. The molecule has 2 rings (SSSR count). The fraction of sp³-hybridized carbons (Fsp3) is 0.300. The highest BCUT2D eigenvalue weighted by Gasteiger charge is 2.15. The van der Waals surface area contributed by atoms with Gasteiger partial charge in [-0.2, -0.15) is 0 Å². The molecule has 0 saturated heterocycles. The van der Waals surface area contributed by atoms with Gasteiger partial charge < -0.3 is 8.98 Å². The van der Waals surface area contributed by atoms with Crippen molar-refractivity contribution < 1.29 is 9.21 Å². The van der Waals surface area contributed by atoms with Crippen LogP contribution in [-0.4, -0.2) is 20.7 Å². The number of hydrogen-bond donors (Lipinski definition) is 1. The van der Waals surface area contributed by atoms with Crippen LogP contribution in [0.2, 0.25) is 0 Å². The number of aromatic nitrogens is 3. The van der Waals surface area contributed by atoms with E-state index >= 15 is 0 Å². The number of aryl methyl sites for hydroxylation is 2. The van der Waals surface area contributed by atoms with Crippen molar-refractivity contribution in [1.82, 2.24) is 14.8 Å². The summed E-state index contributed by atoms with van der Waals surface area (Å²) in [5, 5.41) is 10.3. The standard InChI is InChI=1S/C10H12N4O2/c1-6-4-5-16-8(6)9(15)11-10-13-12-7(2)14(10)3/h4-5H,1-3H3,(H,11,13,15). The van der Waals surface area contributed by atoms with Crippen LogP contribution in [0.25, 0.3) is 0 Å². The van der Waals surface area contributed by atoms with Crippen molar-refractivity contribution in [2.24, 2.45) is 7.05 Å². The Morgan fingerprint density at radius 3 is 2.69 bits per heavy atom. The van der Waals surface area contributed by atoms with Crippen LogP contribution in [0.3, 0.4) is 0 Å². The quantitative estimate of drug-likeness (QED) is 0.827. The maximum atomic E-state index is 11.8. The van der Waals surface area contributed by atoms with E-state index in [0.717, 1.165) is 11.4 Å². The Bertz CT molecular complexity index is 527. The fourth-order valence-electron chi connectivity index (χ4n) is 1.28. The lowest BCUT2D eigenvalue weighted by molar-refractivity contribution is 0.0994. The van der Waals surface area contributed by atoms with Crippen LogP contribution in [0.4, 0.5) is 5.95 Å². The molecule has 0 spiro atoms. The number of anilines is 1. The largest absolute Gasteiger partial charge is 0.459 e. The van der Waals surface area contributed by atoms with Gasteiger partial charge in [0.15, 0.2) is 5.76 Å². The number of amides is 1. The third kappa shape index (κ3) is 1.69. The number of carbonyl (C=O) groups excluding carboxylic acids is 1. The number of nitrogens with zero attached hydrogens (tertiary/aromatic N) is 3. The van der Waals surface area contributed by atoms with Gasteiger partial charge in [-0.3, -0.25) is 10.1 Å². The molecule has 0 bridgehead atoms. The van der Waals surface area contributed by atoms with Crippen LogP contribution in [0.1, 0.15) is 21.9 Å². The van der Waals surface area contributed by atoms with Gasteiger partial charge in [-0.1, -0.05) is 0 Å². The Kier molecular flexibility index (Phi) is 2.47. The Morgan fingerprint density at radius 2 is 2.19 bits per heavy atom. The normalized spacial score (nSPS) is 10.4. The fourth-order valence-corrected chi connectivity index (χ4v) is 1.28. The zero-order valence-electron chi connectivity index (χ0n) is 9.31. The molecule has 0 radical (unpaired) electrons. The molecule has 0 atom stereocenters. The summed E-state index contributed by atoms with van der Waals surface area (Å²) >= 11 is 0. The highest BCUT2D eigenvalue weighted by molar-refractivity contribution is 6.02. The molecule has 0 aromatic carbocycles. The molecule has 2 aromatic rings. The van der Waals surface area contributed by atoms with Crippen molar-refractivity contribution in [2.45, 2.75) is 13.8 Å². The second-order valence-electron chi connectivity index (χ2n) is 3.52. The Labute approximate surface area is 92.3 Å². The highest BCUT2D eigenvalue weighted by atomic mass is 16.3. The molecule has 0 aliphatic rings. The highest BCUT2D eigenvalue weighted by Crippen LogP contribution is 2.11. The summed E-state index contributed by atoms with van der Waals surface area (Å²) in [6.45, 7) is 3.61. The number of nitrogens with one attached hydrogen (secondary N) is 1. The number of hydrogen-bond acceptors (Lipinski definition) is 4. The van der Waals surface area contributed by atoms with Gasteiger partial charge in [-0.15, -0.1) is 10.2 Å². The molecular weight excluding hydrogens is 208 g/mol. The first-order valence-corrected chi connectivity index (χ1v) is 4.81. The number of furan rings is 1. The van der Waals surface area contributed by atoms with E-state index in [1.807, 2.05) is 0 Å². The van der Waals surface area contributed by atoms with Crippen LogP contribution in [0.15, 0.2) is 16.7 Å². The van der Waals surface area contributed by atoms with Gasteiger partial charge in [0.2, 0.25) is 5.95 Å². The van der Waals surface area contributed by atoms with Crippen LogP contribution in [-0.2, 0) is 7.05 Å². The minimum atomic E-state index is -0.321. The van der Waals surface area contributed by atoms with Crippen molar-refractivity contribution >= 4 is 11.9 Å². The predicted molar refractivity (Wildman–Crippen MR) is 57.1 cm³/mol. The van der Waals surface area contributed by atoms with E-state index in [-0.39, 0.29) is 5.91 Å². The van der Waals surface area contributed by atoms with Gasteiger partial charge in [0, 0.05) is 12.6 Å². The van der Waals surface area contributed by atoms with E-state index in [4.69, 9.17) is 4.42 Å². The van der Waals surface area contributed by atoms with Crippen molar-refractivity contribution in [3.8, 4) is 0 Å². The molecule has 0 saturated carbocycles. The summed E-state index contributed by atoms with van der Waals surface area (Å²) < 4.78 is 6.77. The molecule has 16 heavy (non-hydrogen) atoms. The van der Waals surface area contributed by atoms with Gasteiger partial charge in [0.05, 0.1) is 6.26 Å². The first-order valence-electron chi connectivity index (χ1n) is 4.81. The van der Waals surface area contributed by atoms with Crippen molar-refractivity contribution in [3.05, 3.63) is 29.5 Å². The van der Waals surface area contributed by atoms with E-state index in [0.29, 0.717) is 11.7 Å². The Morgan fingerprint density at radius 1 is 1.44 bits per heavy atom. The summed E-state index contributed by atoms with van der Waals surface area (Å²) in [6.07, 6.45) is 1.48. The molecule has 0 fully saturated rings. The minimum Gasteiger partial charge on any atom is -0.459 e. The predicted octanol–water partition coefficient (Wildman–Crippen LogP) is 1.28. The van der Waals surface area contributed by atoms with Crippen LogP contribution < -0.4 is 5.32 Å². The SMILES string of the molecule is Cc1ccoc1C(=O)Nc1nnc(C)n1C. The Balaban J connectivity index is 2.20. The van der Waals surface area contributed by atoms with Gasteiger partial charge in [-0.25, -0.2) is 0 Å². The number of rotatable bonds is 2. The maximum absolute atomic E-state index is 11.8. The van der Waals surface area contributed by atoms with E-state index in [2.05, 4.69) is 15.5 Å². The van der Waals surface area contributed by atoms with Crippen molar-refractivity contribution in [3.63, 3.8) is 0 Å². The molecule has 1 N–H and O–H groups in total. The van der Waals surface area contributed by atoms with Gasteiger partial charge in [0.1, 0.15) is 5.82 Å². The first-order chi connectivity index (χ1) is 7.59. The summed E-state index contributed by atoms with van der Waals surface area (Å²) in [4.78, 5) is 11.8. The summed E-state index contributed by atoms with van der Waals surface area (Å²) in [6, 6.07) is 1.73. The molecular formula is C10H12N4O2.